The van der Waals surface area contributed by atoms with E-state index in [1.165, 1.54) is 11.3 Å². The molecule has 0 saturated heterocycles. The van der Waals surface area contributed by atoms with E-state index in [1.807, 2.05) is 44.2 Å². The highest BCUT2D eigenvalue weighted by Crippen LogP contribution is 2.29. The standard InChI is InChI=1S/C20H22N6O2S/c1-12(2)21-19(28)23-20-22-14-8-9-26(11-17(14)29-20)18(27)16-10-15(24-25-16)13-6-4-3-5-7-13/h3-7,10,12H,8-9,11H2,1-2H3,(H,24,25)(H2,21,22,23,28). The van der Waals surface area contributed by atoms with Crippen LogP contribution in [0.2, 0.25) is 0 Å². The molecule has 0 radical (unpaired) electrons. The first-order chi connectivity index (χ1) is 14.0. The van der Waals surface area contributed by atoms with Crippen LogP contribution >= 0.6 is 11.3 Å². The minimum absolute atomic E-state index is 0.0490. The van der Waals surface area contributed by atoms with Crippen molar-refractivity contribution in [3.63, 3.8) is 0 Å². The molecular weight excluding hydrogens is 388 g/mol. The van der Waals surface area contributed by atoms with Gasteiger partial charge in [0, 0.05) is 29.4 Å². The molecule has 3 aromatic rings. The first-order valence-electron chi connectivity index (χ1n) is 9.46. The minimum Gasteiger partial charge on any atom is -0.336 e. The third-order valence-corrected chi connectivity index (χ3v) is 5.53. The lowest BCUT2D eigenvalue weighted by molar-refractivity contribution is 0.0730. The number of aromatic amines is 1. The highest BCUT2D eigenvalue weighted by molar-refractivity contribution is 7.15. The van der Waals surface area contributed by atoms with Crippen molar-refractivity contribution in [2.75, 3.05) is 11.9 Å². The van der Waals surface area contributed by atoms with E-state index in [0.717, 1.165) is 21.8 Å². The van der Waals surface area contributed by atoms with Gasteiger partial charge in [0.2, 0.25) is 0 Å². The van der Waals surface area contributed by atoms with E-state index in [-0.39, 0.29) is 18.0 Å². The summed E-state index contributed by atoms with van der Waals surface area (Å²) in [4.78, 5) is 32.1. The molecule has 1 aliphatic heterocycles. The third kappa shape index (κ3) is 4.29. The van der Waals surface area contributed by atoms with E-state index < -0.39 is 0 Å². The first-order valence-corrected chi connectivity index (χ1v) is 10.3. The predicted molar refractivity (Wildman–Crippen MR) is 112 cm³/mol. The van der Waals surface area contributed by atoms with Crippen LogP contribution in [0.25, 0.3) is 11.3 Å². The van der Waals surface area contributed by atoms with Gasteiger partial charge in [0.25, 0.3) is 5.91 Å². The molecule has 8 nitrogen and oxygen atoms in total. The molecular formula is C20H22N6O2S. The van der Waals surface area contributed by atoms with Gasteiger partial charge in [-0.2, -0.15) is 5.10 Å². The van der Waals surface area contributed by atoms with Crippen molar-refractivity contribution in [2.45, 2.75) is 32.9 Å². The molecule has 1 aliphatic rings. The smallest absolute Gasteiger partial charge is 0.321 e. The van der Waals surface area contributed by atoms with E-state index >= 15 is 0 Å². The maximum absolute atomic E-state index is 12.9. The zero-order valence-corrected chi connectivity index (χ0v) is 17.0. The first kappa shape index (κ1) is 19.1. The highest BCUT2D eigenvalue weighted by atomic mass is 32.1. The summed E-state index contributed by atoms with van der Waals surface area (Å²) in [6.45, 7) is 4.84. The monoisotopic (exact) mass is 410 g/mol. The zero-order chi connectivity index (χ0) is 20.4. The van der Waals surface area contributed by atoms with Crippen LogP contribution in [0.15, 0.2) is 36.4 Å². The number of H-pyrrole nitrogens is 1. The van der Waals surface area contributed by atoms with Crippen LogP contribution in [0.3, 0.4) is 0 Å². The Morgan fingerprint density at radius 2 is 2.03 bits per heavy atom. The van der Waals surface area contributed by atoms with Gasteiger partial charge in [-0.15, -0.1) is 0 Å². The molecule has 1 aromatic carbocycles. The van der Waals surface area contributed by atoms with Crippen molar-refractivity contribution in [3.8, 4) is 11.3 Å². The molecule has 2 aromatic heterocycles. The van der Waals surface area contributed by atoms with Crippen LogP contribution in [-0.4, -0.2) is 44.6 Å². The zero-order valence-electron chi connectivity index (χ0n) is 16.2. The average molecular weight is 411 g/mol. The Bertz CT molecular complexity index is 1030. The molecule has 0 atom stereocenters. The number of thiazole rings is 1. The van der Waals surface area contributed by atoms with Crippen molar-refractivity contribution in [3.05, 3.63) is 52.7 Å². The van der Waals surface area contributed by atoms with Crippen LogP contribution < -0.4 is 10.6 Å². The number of carbonyl (C=O) groups is 2. The number of anilines is 1. The van der Waals surface area contributed by atoms with Gasteiger partial charge in [-0.3, -0.25) is 15.2 Å². The third-order valence-electron chi connectivity index (χ3n) is 4.54. The Balaban J connectivity index is 1.44. The van der Waals surface area contributed by atoms with Gasteiger partial charge < -0.3 is 10.2 Å². The summed E-state index contributed by atoms with van der Waals surface area (Å²) in [6, 6.07) is 11.3. The molecule has 0 fully saturated rings. The summed E-state index contributed by atoms with van der Waals surface area (Å²) in [7, 11) is 0. The summed E-state index contributed by atoms with van der Waals surface area (Å²) in [5.74, 6) is -0.0919. The van der Waals surface area contributed by atoms with Crippen molar-refractivity contribution in [1.29, 1.82) is 0 Å². The lowest BCUT2D eigenvalue weighted by Gasteiger charge is -2.25. The molecule has 0 bridgehead atoms. The molecule has 0 saturated carbocycles. The number of hydrogen-bond acceptors (Lipinski definition) is 5. The number of hydrogen-bond donors (Lipinski definition) is 3. The summed E-state index contributed by atoms with van der Waals surface area (Å²) in [6.07, 6.45) is 0.657. The fourth-order valence-electron chi connectivity index (χ4n) is 3.18. The molecule has 150 valence electrons. The molecule has 9 heteroatoms. The van der Waals surface area contributed by atoms with E-state index in [0.29, 0.717) is 30.3 Å². The summed E-state index contributed by atoms with van der Waals surface area (Å²) in [5.41, 5.74) is 3.11. The van der Waals surface area contributed by atoms with Gasteiger partial charge in [-0.05, 0) is 19.9 Å². The van der Waals surface area contributed by atoms with E-state index in [4.69, 9.17) is 0 Å². The lowest BCUT2D eigenvalue weighted by Crippen LogP contribution is -2.35. The van der Waals surface area contributed by atoms with E-state index in [9.17, 15) is 9.59 Å². The Morgan fingerprint density at radius 1 is 1.24 bits per heavy atom. The van der Waals surface area contributed by atoms with E-state index in [2.05, 4.69) is 25.8 Å². The lowest BCUT2D eigenvalue weighted by atomic mass is 10.1. The molecule has 0 unspecified atom stereocenters. The molecule has 3 amide bonds. The number of benzene rings is 1. The second-order valence-electron chi connectivity index (χ2n) is 7.15. The Hall–Kier alpha value is -3.20. The summed E-state index contributed by atoms with van der Waals surface area (Å²) >= 11 is 1.41. The Morgan fingerprint density at radius 3 is 2.79 bits per heavy atom. The van der Waals surface area contributed by atoms with Gasteiger partial charge >= 0.3 is 6.03 Å². The van der Waals surface area contributed by atoms with Crippen molar-refractivity contribution in [2.24, 2.45) is 0 Å². The molecule has 0 aliphatic carbocycles. The number of nitrogens with zero attached hydrogens (tertiary/aromatic N) is 3. The highest BCUT2D eigenvalue weighted by Gasteiger charge is 2.26. The van der Waals surface area contributed by atoms with Gasteiger partial charge in [0.1, 0.15) is 5.69 Å². The quantitative estimate of drug-likeness (QED) is 0.614. The van der Waals surface area contributed by atoms with Crippen LogP contribution in [0.1, 0.15) is 34.9 Å². The minimum atomic E-state index is -0.273. The Labute approximate surface area is 172 Å². The van der Waals surface area contributed by atoms with Crippen LogP contribution in [0, 0.1) is 0 Å². The number of amides is 3. The number of nitrogens with one attached hydrogen (secondary N) is 3. The summed E-state index contributed by atoms with van der Waals surface area (Å²) in [5, 5.41) is 13.2. The largest absolute Gasteiger partial charge is 0.336 e. The number of aromatic nitrogens is 3. The maximum Gasteiger partial charge on any atom is 0.321 e. The molecule has 3 heterocycles. The number of carbonyl (C=O) groups excluding carboxylic acids is 2. The number of urea groups is 1. The fraction of sp³-hybridized carbons (Fsp3) is 0.300. The van der Waals surface area contributed by atoms with Crippen molar-refractivity contribution < 1.29 is 9.59 Å². The average Bonchev–Trinajstić information content (AvgIpc) is 3.33. The van der Waals surface area contributed by atoms with Gasteiger partial charge in [0.05, 0.1) is 17.9 Å². The van der Waals surface area contributed by atoms with Crippen molar-refractivity contribution in [1.82, 2.24) is 25.4 Å². The predicted octanol–water partition coefficient (Wildman–Crippen LogP) is 3.26. The van der Waals surface area contributed by atoms with Gasteiger partial charge in [-0.1, -0.05) is 41.7 Å². The van der Waals surface area contributed by atoms with Gasteiger partial charge in [0.15, 0.2) is 5.13 Å². The summed E-state index contributed by atoms with van der Waals surface area (Å²) < 4.78 is 0. The van der Waals surface area contributed by atoms with E-state index in [1.54, 1.807) is 11.0 Å². The molecule has 3 N–H and O–H groups in total. The number of rotatable bonds is 4. The van der Waals surface area contributed by atoms with Crippen LogP contribution in [0.5, 0.6) is 0 Å². The fourth-order valence-corrected chi connectivity index (χ4v) is 4.19. The van der Waals surface area contributed by atoms with Gasteiger partial charge in [-0.25, -0.2) is 9.78 Å². The van der Waals surface area contributed by atoms with Crippen LogP contribution in [0.4, 0.5) is 9.93 Å². The van der Waals surface area contributed by atoms with Crippen LogP contribution in [-0.2, 0) is 13.0 Å². The normalized spacial score (nSPS) is 13.3. The molecule has 4 rings (SSSR count). The second kappa shape index (κ2) is 8.04. The van der Waals surface area contributed by atoms with Crippen molar-refractivity contribution >= 4 is 28.4 Å². The SMILES string of the molecule is CC(C)NC(=O)Nc1nc2c(s1)CN(C(=O)c1cc(-c3ccccc3)n[nH]1)CC2. The Kier molecular flexibility index (Phi) is 5.30. The molecule has 29 heavy (non-hydrogen) atoms. The maximum atomic E-state index is 12.9. The molecule has 0 spiro atoms. The topological polar surface area (TPSA) is 103 Å². The second-order valence-corrected chi connectivity index (χ2v) is 8.24. The number of fused-ring (bicyclic) bond motifs is 1.